The highest BCUT2D eigenvalue weighted by Gasteiger charge is 2.38. The molecule has 0 radical (unpaired) electrons. The maximum atomic E-state index is 12.5. The van der Waals surface area contributed by atoms with Crippen molar-refractivity contribution in [2.75, 3.05) is 5.32 Å². The van der Waals surface area contributed by atoms with Gasteiger partial charge in [-0.25, -0.2) is 0 Å². The van der Waals surface area contributed by atoms with Gasteiger partial charge in [-0.15, -0.1) is 10.2 Å². The van der Waals surface area contributed by atoms with Crippen LogP contribution >= 0.6 is 0 Å². The maximum absolute atomic E-state index is 12.5. The number of carbonyl (C=O) groups excluding carboxylic acids is 2. The van der Waals surface area contributed by atoms with Gasteiger partial charge in [-0.05, 0) is 25.1 Å². The van der Waals surface area contributed by atoms with Crippen molar-refractivity contribution in [2.45, 2.75) is 13.0 Å². The van der Waals surface area contributed by atoms with Crippen LogP contribution in [0.15, 0.2) is 48.5 Å². The van der Waals surface area contributed by atoms with E-state index in [1.807, 2.05) is 0 Å². The average Bonchev–Trinajstić information content (AvgIpc) is 2.94. The lowest BCUT2D eigenvalue weighted by molar-refractivity contribution is -0.137. The predicted molar refractivity (Wildman–Crippen MR) is 97.8 cm³/mol. The second kappa shape index (κ2) is 6.62. The number of hydrogen-bond donors (Lipinski definition) is 2. The topological polar surface area (TPSA) is 122 Å². The molecular formula is C19H14N4O5. The van der Waals surface area contributed by atoms with E-state index in [1.54, 1.807) is 48.5 Å². The summed E-state index contributed by atoms with van der Waals surface area (Å²) in [5.41, 5.74) is 0.497. The number of aliphatic carboxylic acids is 1. The molecule has 1 unspecified atom stereocenters. The lowest BCUT2D eigenvalue weighted by Gasteiger charge is -2.16. The van der Waals surface area contributed by atoms with Crippen molar-refractivity contribution >= 4 is 34.4 Å². The van der Waals surface area contributed by atoms with Gasteiger partial charge in [0.15, 0.2) is 5.82 Å². The summed E-state index contributed by atoms with van der Waals surface area (Å²) < 4.78 is 0. The van der Waals surface area contributed by atoms with Gasteiger partial charge < -0.3 is 15.3 Å². The Morgan fingerprint density at radius 2 is 1.57 bits per heavy atom. The van der Waals surface area contributed by atoms with E-state index in [2.05, 4.69) is 15.5 Å². The van der Waals surface area contributed by atoms with E-state index in [0.717, 1.165) is 0 Å². The molecule has 140 valence electrons. The Morgan fingerprint density at radius 3 is 2.18 bits per heavy atom. The zero-order valence-electron chi connectivity index (χ0n) is 14.6. The number of fused-ring (bicyclic) bond motifs is 2. The minimum Gasteiger partial charge on any atom is -0.480 e. The normalized spacial score (nSPS) is 14.1. The van der Waals surface area contributed by atoms with E-state index >= 15 is 0 Å². The van der Waals surface area contributed by atoms with Crippen molar-refractivity contribution in [1.29, 1.82) is 0 Å². The molecule has 0 fully saturated rings. The minimum absolute atomic E-state index is 0.0429. The van der Waals surface area contributed by atoms with E-state index in [0.29, 0.717) is 15.8 Å². The van der Waals surface area contributed by atoms with E-state index in [-0.39, 0.29) is 22.8 Å². The number of hydrogen-bond acceptors (Lipinski definition) is 7. The number of carbonyl (C=O) groups is 3. The van der Waals surface area contributed by atoms with Gasteiger partial charge >= 0.3 is 5.97 Å². The number of aromatic nitrogens is 2. The first kappa shape index (κ1) is 17.4. The van der Waals surface area contributed by atoms with E-state index in [4.69, 9.17) is 9.94 Å². The largest absolute Gasteiger partial charge is 0.480 e. The number of anilines is 1. The quantitative estimate of drug-likeness (QED) is 0.648. The number of nitrogens with zero attached hydrogens (tertiary/aromatic N) is 3. The van der Waals surface area contributed by atoms with Crippen LogP contribution in [0.5, 0.6) is 5.88 Å². The number of imide groups is 1. The molecule has 2 N–H and O–H groups in total. The molecule has 2 amide bonds. The van der Waals surface area contributed by atoms with Gasteiger partial charge in [0.05, 0.1) is 16.5 Å². The molecule has 1 atom stereocenters. The maximum Gasteiger partial charge on any atom is 0.325 e. The summed E-state index contributed by atoms with van der Waals surface area (Å²) >= 11 is 0. The number of carboxylic acid groups (broad SMARTS) is 1. The van der Waals surface area contributed by atoms with Crippen LogP contribution in [0.3, 0.4) is 0 Å². The minimum atomic E-state index is -1.04. The summed E-state index contributed by atoms with van der Waals surface area (Å²) in [4.78, 5) is 41.6. The second-order valence-corrected chi connectivity index (χ2v) is 6.15. The Hall–Kier alpha value is -4.01. The van der Waals surface area contributed by atoms with E-state index < -0.39 is 23.8 Å². The third-order valence-electron chi connectivity index (χ3n) is 4.31. The van der Waals surface area contributed by atoms with Crippen molar-refractivity contribution < 1.29 is 24.3 Å². The Balaban J connectivity index is 1.70. The van der Waals surface area contributed by atoms with Crippen LogP contribution in [0.25, 0.3) is 10.8 Å². The van der Waals surface area contributed by atoms with Gasteiger partial charge in [0, 0.05) is 5.39 Å². The molecular weight excluding hydrogens is 364 g/mol. The molecule has 9 heteroatoms. The summed E-state index contributed by atoms with van der Waals surface area (Å²) in [6, 6.07) is 12.4. The zero-order valence-corrected chi connectivity index (χ0v) is 14.6. The first-order valence-corrected chi connectivity index (χ1v) is 8.38. The van der Waals surface area contributed by atoms with Gasteiger partial charge in [0.25, 0.3) is 17.7 Å². The average molecular weight is 378 g/mol. The highest BCUT2D eigenvalue weighted by Crippen LogP contribution is 2.30. The third-order valence-corrected chi connectivity index (χ3v) is 4.31. The van der Waals surface area contributed by atoms with Crippen molar-refractivity contribution in [3.05, 3.63) is 59.7 Å². The lowest BCUT2D eigenvalue weighted by Crippen LogP contribution is -2.33. The zero-order chi connectivity index (χ0) is 19.8. The molecule has 1 aliphatic rings. The van der Waals surface area contributed by atoms with Crippen LogP contribution in [-0.2, 0) is 4.79 Å². The predicted octanol–water partition coefficient (Wildman–Crippen LogP) is 2.10. The number of hydroxylamine groups is 2. The SMILES string of the molecule is CC(Nc1nnc(ON2C(=O)c3ccccc3C2=O)c2ccccc12)C(=O)O. The molecule has 1 aliphatic heterocycles. The molecule has 0 saturated carbocycles. The molecule has 3 aromatic rings. The van der Waals surface area contributed by atoms with Crippen molar-refractivity contribution in [3.63, 3.8) is 0 Å². The standard InChI is InChI=1S/C19H14N4O5/c1-10(19(26)27)20-15-11-6-2-3-7-12(11)16(22-21-15)28-23-17(24)13-8-4-5-9-14(13)18(23)25/h2-10H,1H3,(H,20,21)(H,26,27). The fourth-order valence-electron chi connectivity index (χ4n) is 2.86. The van der Waals surface area contributed by atoms with Crippen molar-refractivity contribution in [2.24, 2.45) is 0 Å². The number of benzene rings is 2. The number of nitrogens with one attached hydrogen (secondary N) is 1. The summed E-state index contributed by atoms with van der Waals surface area (Å²) in [5.74, 6) is -2.02. The third kappa shape index (κ3) is 2.78. The van der Waals surface area contributed by atoms with Gasteiger partial charge in [-0.3, -0.25) is 14.4 Å². The first-order valence-electron chi connectivity index (χ1n) is 8.38. The smallest absolute Gasteiger partial charge is 0.325 e. The molecule has 4 rings (SSSR count). The fourth-order valence-corrected chi connectivity index (χ4v) is 2.86. The summed E-state index contributed by atoms with van der Waals surface area (Å²) in [6.07, 6.45) is 0. The van der Waals surface area contributed by atoms with Crippen molar-refractivity contribution in [1.82, 2.24) is 15.3 Å². The molecule has 1 aromatic heterocycles. The summed E-state index contributed by atoms with van der Waals surface area (Å²) in [7, 11) is 0. The van der Waals surface area contributed by atoms with Crippen LogP contribution in [0.1, 0.15) is 27.6 Å². The van der Waals surface area contributed by atoms with Crippen LogP contribution in [0, 0.1) is 0 Å². The van der Waals surface area contributed by atoms with E-state index in [9.17, 15) is 14.4 Å². The highest BCUT2D eigenvalue weighted by molar-refractivity contribution is 6.20. The Morgan fingerprint density at radius 1 is 1.00 bits per heavy atom. The lowest BCUT2D eigenvalue weighted by atomic mass is 10.1. The molecule has 0 spiro atoms. The van der Waals surface area contributed by atoms with Crippen LogP contribution in [-0.4, -0.2) is 44.2 Å². The second-order valence-electron chi connectivity index (χ2n) is 6.15. The Labute approximate surface area is 158 Å². The molecule has 2 heterocycles. The van der Waals surface area contributed by atoms with Gasteiger partial charge in [-0.1, -0.05) is 35.4 Å². The highest BCUT2D eigenvalue weighted by atomic mass is 16.7. The number of amides is 2. The van der Waals surface area contributed by atoms with Crippen molar-refractivity contribution in [3.8, 4) is 5.88 Å². The molecule has 0 aliphatic carbocycles. The summed E-state index contributed by atoms with van der Waals surface area (Å²) in [6.45, 7) is 1.47. The molecule has 28 heavy (non-hydrogen) atoms. The van der Waals surface area contributed by atoms with Crippen LogP contribution in [0.2, 0.25) is 0 Å². The van der Waals surface area contributed by atoms with E-state index in [1.165, 1.54) is 6.92 Å². The molecule has 0 bridgehead atoms. The molecule has 9 nitrogen and oxygen atoms in total. The monoisotopic (exact) mass is 378 g/mol. The Bertz CT molecular complexity index is 1100. The number of rotatable bonds is 5. The summed E-state index contributed by atoms with van der Waals surface area (Å²) in [5, 5.41) is 21.4. The van der Waals surface area contributed by atoms with Gasteiger partial charge in [0.1, 0.15) is 6.04 Å². The van der Waals surface area contributed by atoms with Crippen LogP contribution < -0.4 is 10.2 Å². The molecule has 2 aromatic carbocycles. The molecule has 0 saturated heterocycles. The Kier molecular flexibility index (Phi) is 4.11. The van der Waals surface area contributed by atoms with Gasteiger partial charge in [0.2, 0.25) is 0 Å². The van der Waals surface area contributed by atoms with Crippen LogP contribution in [0.4, 0.5) is 5.82 Å². The first-order chi connectivity index (χ1) is 13.5. The fraction of sp³-hybridized carbons (Fsp3) is 0.105. The van der Waals surface area contributed by atoms with Gasteiger partial charge in [-0.2, -0.15) is 0 Å². The number of carboxylic acids is 1.